The first-order valence-electron chi connectivity index (χ1n) is 11.1. The van der Waals surface area contributed by atoms with Crippen LogP contribution in [-0.2, 0) is 0 Å². The highest BCUT2D eigenvalue weighted by Crippen LogP contribution is 2.25. The zero-order chi connectivity index (χ0) is 23.5. The molecule has 0 radical (unpaired) electrons. The third-order valence-electron chi connectivity index (χ3n) is 5.70. The van der Waals surface area contributed by atoms with Gasteiger partial charge in [-0.15, -0.1) is 0 Å². The van der Waals surface area contributed by atoms with E-state index < -0.39 is 11.9 Å². The number of benzene rings is 3. The van der Waals surface area contributed by atoms with Crippen molar-refractivity contribution in [2.75, 3.05) is 6.54 Å². The highest BCUT2D eigenvalue weighted by Gasteiger charge is 2.27. The molecular weight excluding hydrogens is 417 g/mol. The van der Waals surface area contributed by atoms with Crippen LogP contribution >= 0.6 is 0 Å². The first-order chi connectivity index (χ1) is 15.9. The molecule has 1 atom stereocenters. The van der Waals surface area contributed by atoms with Crippen molar-refractivity contribution in [3.05, 3.63) is 106 Å². The molecule has 33 heavy (non-hydrogen) atoms. The average molecular weight is 444 g/mol. The van der Waals surface area contributed by atoms with Gasteiger partial charge in [0, 0.05) is 12.1 Å². The van der Waals surface area contributed by atoms with Gasteiger partial charge in [0.2, 0.25) is 0 Å². The van der Waals surface area contributed by atoms with Crippen molar-refractivity contribution < 1.29 is 9.18 Å². The number of aromatic nitrogens is 2. The monoisotopic (exact) mass is 443 g/mol. The van der Waals surface area contributed by atoms with Gasteiger partial charge in [-0.2, -0.15) is 0 Å². The Hall–Kier alpha value is -3.80. The smallest absolute Gasteiger partial charge is 0.266 e. The van der Waals surface area contributed by atoms with E-state index in [1.807, 2.05) is 57.2 Å². The van der Waals surface area contributed by atoms with Crippen molar-refractivity contribution >= 4 is 16.8 Å². The van der Waals surface area contributed by atoms with E-state index in [2.05, 4.69) is 0 Å². The Labute approximate surface area is 192 Å². The van der Waals surface area contributed by atoms with Crippen LogP contribution in [0.3, 0.4) is 0 Å². The Balaban J connectivity index is 1.92. The molecule has 0 N–H and O–H groups in total. The predicted octanol–water partition coefficient (Wildman–Crippen LogP) is 5.45. The SMILES string of the molecule is CCCN(C(=O)c1cccc(F)c1)C(C)c1nc2ccccc2c(=O)n1-c1cccc(C)c1. The largest absolute Gasteiger partial charge is 0.329 e. The number of amides is 1. The van der Waals surface area contributed by atoms with Gasteiger partial charge in [-0.3, -0.25) is 14.2 Å². The molecule has 0 aliphatic rings. The number of rotatable bonds is 6. The topological polar surface area (TPSA) is 55.2 Å². The summed E-state index contributed by atoms with van der Waals surface area (Å²) in [6.07, 6.45) is 0.702. The average Bonchev–Trinajstić information content (AvgIpc) is 2.81. The van der Waals surface area contributed by atoms with Crippen LogP contribution < -0.4 is 5.56 Å². The normalized spacial score (nSPS) is 12.0. The van der Waals surface area contributed by atoms with Crippen LogP contribution in [0.2, 0.25) is 0 Å². The Kier molecular flexibility index (Phi) is 6.36. The van der Waals surface area contributed by atoms with E-state index in [-0.39, 0.29) is 17.0 Å². The third-order valence-corrected chi connectivity index (χ3v) is 5.70. The summed E-state index contributed by atoms with van der Waals surface area (Å²) in [7, 11) is 0. The van der Waals surface area contributed by atoms with E-state index >= 15 is 0 Å². The van der Waals surface area contributed by atoms with Crippen LogP contribution in [0.1, 0.15) is 48.1 Å². The van der Waals surface area contributed by atoms with Crippen LogP contribution in [0, 0.1) is 12.7 Å². The predicted molar refractivity (Wildman–Crippen MR) is 128 cm³/mol. The third kappa shape index (κ3) is 4.42. The van der Waals surface area contributed by atoms with E-state index in [0.29, 0.717) is 35.4 Å². The minimum absolute atomic E-state index is 0.192. The van der Waals surface area contributed by atoms with Crippen LogP contribution in [0.4, 0.5) is 4.39 Å². The molecular formula is C27H26FN3O2. The van der Waals surface area contributed by atoms with Gasteiger partial charge in [0.05, 0.1) is 22.6 Å². The molecule has 4 aromatic rings. The highest BCUT2D eigenvalue weighted by molar-refractivity contribution is 5.94. The van der Waals surface area contributed by atoms with Gasteiger partial charge in [0.15, 0.2) is 0 Å². The quantitative estimate of drug-likeness (QED) is 0.398. The van der Waals surface area contributed by atoms with Gasteiger partial charge in [0.25, 0.3) is 11.5 Å². The number of carbonyl (C=O) groups is 1. The number of aryl methyl sites for hydroxylation is 1. The molecule has 4 rings (SSSR count). The Morgan fingerprint density at radius 3 is 2.55 bits per heavy atom. The summed E-state index contributed by atoms with van der Waals surface area (Å²) in [6.45, 7) is 6.23. The van der Waals surface area contributed by atoms with Gasteiger partial charge >= 0.3 is 0 Å². The second-order valence-corrected chi connectivity index (χ2v) is 8.15. The van der Waals surface area contributed by atoms with E-state index in [1.54, 1.807) is 27.7 Å². The number of halogens is 1. The van der Waals surface area contributed by atoms with Crippen LogP contribution in [0.25, 0.3) is 16.6 Å². The molecule has 1 aromatic heterocycles. The fourth-order valence-electron chi connectivity index (χ4n) is 4.09. The molecule has 1 heterocycles. The lowest BCUT2D eigenvalue weighted by atomic mass is 10.1. The number of nitrogens with zero attached hydrogens (tertiary/aromatic N) is 3. The maximum Gasteiger partial charge on any atom is 0.266 e. The van der Waals surface area contributed by atoms with Crippen molar-refractivity contribution in [2.24, 2.45) is 0 Å². The second-order valence-electron chi connectivity index (χ2n) is 8.15. The Morgan fingerprint density at radius 2 is 1.82 bits per heavy atom. The summed E-state index contributed by atoms with van der Waals surface area (Å²) in [5.41, 5.74) is 2.34. The molecule has 168 valence electrons. The summed E-state index contributed by atoms with van der Waals surface area (Å²) in [5, 5.41) is 0.508. The van der Waals surface area contributed by atoms with Crippen molar-refractivity contribution in [3.63, 3.8) is 0 Å². The van der Waals surface area contributed by atoms with Crippen molar-refractivity contribution in [2.45, 2.75) is 33.2 Å². The summed E-state index contributed by atoms with van der Waals surface area (Å²) < 4.78 is 15.4. The van der Waals surface area contributed by atoms with Crippen LogP contribution in [-0.4, -0.2) is 26.9 Å². The molecule has 0 spiro atoms. The summed E-state index contributed by atoms with van der Waals surface area (Å²) in [5.74, 6) is -0.310. The van der Waals surface area contributed by atoms with E-state index in [0.717, 1.165) is 5.56 Å². The standard InChI is InChI=1S/C27H26FN3O2/c1-4-15-30(26(32)20-10-8-11-21(28)17-20)19(3)25-29-24-14-6-5-13-23(24)27(33)31(25)22-12-7-9-18(2)16-22/h5-14,16-17,19H,4,15H2,1-3H3. The highest BCUT2D eigenvalue weighted by atomic mass is 19.1. The van der Waals surface area contributed by atoms with Crippen molar-refractivity contribution in [1.82, 2.24) is 14.5 Å². The lowest BCUT2D eigenvalue weighted by Crippen LogP contribution is -2.38. The maximum atomic E-state index is 13.8. The molecule has 1 unspecified atom stereocenters. The molecule has 6 heteroatoms. The zero-order valence-corrected chi connectivity index (χ0v) is 19.0. The van der Waals surface area contributed by atoms with Gasteiger partial charge in [0.1, 0.15) is 11.6 Å². The van der Waals surface area contributed by atoms with E-state index in [4.69, 9.17) is 4.98 Å². The Morgan fingerprint density at radius 1 is 1.06 bits per heavy atom. The van der Waals surface area contributed by atoms with Gasteiger partial charge in [-0.25, -0.2) is 9.37 Å². The molecule has 0 bridgehead atoms. The minimum Gasteiger partial charge on any atom is -0.329 e. The number of fused-ring (bicyclic) bond motifs is 1. The van der Waals surface area contributed by atoms with Crippen molar-refractivity contribution in [1.29, 1.82) is 0 Å². The maximum absolute atomic E-state index is 13.8. The molecule has 0 saturated carbocycles. The summed E-state index contributed by atoms with van der Waals surface area (Å²) >= 11 is 0. The van der Waals surface area contributed by atoms with E-state index in [1.165, 1.54) is 18.2 Å². The molecule has 0 saturated heterocycles. The molecule has 0 aliphatic carbocycles. The van der Waals surface area contributed by atoms with Gasteiger partial charge in [-0.05, 0) is 68.3 Å². The van der Waals surface area contributed by atoms with Gasteiger partial charge in [-0.1, -0.05) is 37.3 Å². The van der Waals surface area contributed by atoms with Crippen LogP contribution in [0.5, 0.6) is 0 Å². The molecule has 1 amide bonds. The fraction of sp³-hybridized carbons (Fsp3) is 0.222. The number of hydrogen-bond donors (Lipinski definition) is 0. The molecule has 5 nitrogen and oxygen atoms in total. The molecule has 0 aliphatic heterocycles. The fourth-order valence-corrected chi connectivity index (χ4v) is 4.09. The molecule has 3 aromatic carbocycles. The number of hydrogen-bond acceptors (Lipinski definition) is 3. The number of para-hydroxylation sites is 1. The number of carbonyl (C=O) groups excluding carboxylic acids is 1. The Bertz CT molecular complexity index is 1380. The summed E-state index contributed by atoms with van der Waals surface area (Å²) in [4.78, 5) is 33.5. The van der Waals surface area contributed by atoms with Gasteiger partial charge < -0.3 is 4.90 Å². The van der Waals surface area contributed by atoms with Crippen LogP contribution in [0.15, 0.2) is 77.6 Å². The zero-order valence-electron chi connectivity index (χ0n) is 19.0. The first-order valence-corrected chi connectivity index (χ1v) is 11.1. The van der Waals surface area contributed by atoms with Crippen molar-refractivity contribution in [3.8, 4) is 5.69 Å². The first kappa shape index (κ1) is 22.4. The molecule has 0 fully saturated rings. The lowest BCUT2D eigenvalue weighted by Gasteiger charge is -2.30. The lowest BCUT2D eigenvalue weighted by molar-refractivity contribution is 0.0680. The second kappa shape index (κ2) is 9.36. The minimum atomic E-state index is -0.529. The summed E-state index contributed by atoms with van der Waals surface area (Å²) in [6, 6.07) is 20.0. The van der Waals surface area contributed by atoms with E-state index in [9.17, 15) is 14.0 Å².